The van der Waals surface area contributed by atoms with Crippen LogP contribution in [0.4, 0.5) is 0 Å². The van der Waals surface area contributed by atoms with E-state index in [0.717, 1.165) is 36.8 Å². The molecule has 0 aliphatic heterocycles. The quantitative estimate of drug-likeness (QED) is 0.597. The Morgan fingerprint density at radius 3 is 2.11 bits per heavy atom. The summed E-state index contributed by atoms with van der Waals surface area (Å²) >= 11 is 0. The minimum Gasteiger partial charge on any atom is -0.0617 e. The van der Waals surface area contributed by atoms with Gasteiger partial charge in [-0.1, -0.05) is 52.7 Å². The van der Waals surface area contributed by atoms with Crippen molar-refractivity contribution in [1.82, 2.24) is 0 Å². The lowest BCUT2D eigenvalue weighted by atomic mass is 9.51. The monoisotopic (exact) mass is 245 g/mol. The molecule has 0 nitrogen and oxygen atoms in total. The Kier molecular flexibility index (Phi) is 1.74. The van der Waals surface area contributed by atoms with Gasteiger partial charge in [0.25, 0.3) is 0 Å². The zero-order valence-electron chi connectivity index (χ0n) is 15.3. The zero-order chi connectivity index (χ0) is 15.8. The van der Waals surface area contributed by atoms with Gasteiger partial charge in [0.2, 0.25) is 0 Å². The molecular formula is C18H26. The summed E-state index contributed by atoms with van der Waals surface area (Å²) in [6.07, 6.45) is 4.52. The van der Waals surface area contributed by atoms with Crippen molar-refractivity contribution in [2.75, 3.05) is 0 Å². The Morgan fingerprint density at radius 1 is 1.00 bits per heavy atom. The summed E-state index contributed by atoms with van der Waals surface area (Å²) in [4.78, 5) is 0. The number of hydrogen-bond donors (Lipinski definition) is 0. The largest absolute Gasteiger partial charge is 0.0626 e. The molecule has 2 bridgehead atoms. The average Bonchev–Trinajstić information content (AvgIpc) is 2.37. The smallest absolute Gasteiger partial charge is 0.0617 e. The van der Waals surface area contributed by atoms with E-state index < -0.39 is 0 Å². The van der Waals surface area contributed by atoms with Crippen LogP contribution in [-0.2, 0) is 16.2 Å². The van der Waals surface area contributed by atoms with Crippen molar-refractivity contribution in [2.45, 2.75) is 76.5 Å². The molecule has 1 aromatic carbocycles. The Hall–Kier alpha value is -0.780. The molecule has 18 heavy (non-hydrogen) atoms. The van der Waals surface area contributed by atoms with Gasteiger partial charge in [-0.2, -0.15) is 0 Å². The van der Waals surface area contributed by atoms with Gasteiger partial charge in [0.05, 0.1) is 4.11 Å². The van der Waals surface area contributed by atoms with Gasteiger partial charge in [0, 0.05) is 0 Å². The predicted molar refractivity (Wildman–Crippen MR) is 78.3 cm³/mol. The topological polar surface area (TPSA) is 0 Å². The SMILES string of the molecule is [2H]c1c([2H])c(C(C)(C)C)c2c(c1[2H])C1(C)CCC2(C)CC1. The number of hydrogen-bond acceptors (Lipinski definition) is 0. The van der Waals surface area contributed by atoms with E-state index in [0.29, 0.717) is 6.04 Å². The van der Waals surface area contributed by atoms with E-state index in [2.05, 4.69) is 34.6 Å². The van der Waals surface area contributed by atoms with Gasteiger partial charge in [-0.15, -0.1) is 0 Å². The number of fused-ring (bicyclic) bond motifs is 2. The fraction of sp³-hybridized carbons (Fsp3) is 0.667. The molecule has 3 aliphatic rings. The lowest BCUT2D eigenvalue weighted by Gasteiger charge is -2.53. The lowest BCUT2D eigenvalue weighted by Crippen LogP contribution is -2.45. The van der Waals surface area contributed by atoms with Crippen LogP contribution in [0.2, 0.25) is 0 Å². The third kappa shape index (κ3) is 1.51. The highest BCUT2D eigenvalue weighted by Gasteiger charge is 2.49. The Morgan fingerprint density at radius 2 is 1.56 bits per heavy atom. The molecule has 98 valence electrons. The minimum atomic E-state index is -0.151. The van der Waals surface area contributed by atoms with Gasteiger partial charge in [-0.05, 0) is 58.6 Å². The van der Waals surface area contributed by atoms with E-state index in [1.807, 2.05) is 0 Å². The molecule has 3 aliphatic carbocycles. The van der Waals surface area contributed by atoms with E-state index >= 15 is 0 Å². The Balaban J connectivity index is 2.49. The van der Waals surface area contributed by atoms with Crippen LogP contribution in [0, 0.1) is 0 Å². The van der Waals surface area contributed by atoms with Crippen LogP contribution >= 0.6 is 0 Å². The summed E-state index contributed by atoms with van der Waals surface area (Å²) in [6, 6.07) is 0.718. The first-order chi connectivity index (χ1) is 9.51. The fourth-order valence-electron chi connectivity index (χ4n) is 3.88. The second-order valence-corrected chi connectivity index (χ2v) is 7.87. The molecule has 0 heteroatoms. The van der Waals surface area contributed by atoms with Crippen molar-refractivity contribution in [3.05, 3.63) is 34.8 Å². The van der Waals surface area contributed by atoms with Crippen molar-refractivity contribution < 1.29 is 4.11 Å². The lowest BCUT2D eigenvalue weighted by molar-refractivity contribution is 0.184. The maximum atomic E-state index is 8.47. The molecule has 1 aromatic rings. The maximum Gasteiger partial charge on any atom is 0.0626 e. The normalized spacial score (nSPS) is 36.8. The molecule has 4 rings (SSSR count). The summed E-state index contributed by atoms with van der Waals surface area (Å²) in [5, 5.41) is 0. The van der Waals surface area contributed by atoms with E-state index in [1.54, 1.807) is 0 Å². The minimum absolute atomic E-state index is 0.0354. The first kappa shape index (κ1) is 9.18. The van der Waals surface area contributed by atoms with E-state index in [9.17, 15) is 0 Å². The molecule has 0 radical (unpaired) electrons. The second-order valence-electron chi connectivity index (χ2n) is 7.87. The summed E-state index contributed by atoms with van der Waals surface area (Å²) in [5.74, 6) is 0. The molecule has 0 heterocycles. The third-order valence-electron chi connectivity index (χ3n) is 5.29. The molecule has 1 saturated carbocycles. The highest BCUT2D eigenvalue weighted by atomic mass is 14.5. The van der Waals surface area contributed by atoms with Crippen LogP contribution in [0.1, 0.15) is 81.1 Å². The van der Waals surface area contributed by atoms with Crippen LogP contribution in [0.25, 0.3) is 0 Å². The van der Waals surface area contributed by atoms with E-state index in [-0.39, 0.29) is 28.3 Å². The first-order valence-corrected chi connectivity index (χ1v) is 7.16. The molecule has 0 unspecified atom stereocenters. The molecule has 0 spiro atoms. The van der Waals surface area contributed by atoms with Crippen molar-refractivity contribution >= 4 is 0 Å². The predicted octanol–water partition coefficient (Wildman–Crippen LogP) is 5.09. The van der Waals surface area contributed by atoms with Gasteiger partial charge in [-0.3, -0.25) is 0 Å². The summed E-state index contributed by atoms with van der Waals surface area (Å²) in [5.41, 5.74) is 3.34. The highest BCUT2D eigenvalue weighted by molar-refractivity contribution is 5.51. The number of benzene rings is 1. The van der Waals surface area contributed by atoms with Crippen molar-refractivity contribution in [3.8, 4) is 0 Å². The van der Waals surface area contributed by atoms with Crippen LogP contribution in [0.3, 0.4) is 0 Å². The van der Waals surface area contributed by atoms with Crippen LogP contribution in [0.5, 0.6) is 0 Å². The van der Waals surface area contributed by atoms with E-state index in [4.69, 9.17) is 4.11 Å². The van der Waals surface area contributed by atoms with Crippen LogP contribution < -0.4 is 0 Å². The Labute approximate surface area is 116 Å². The van der Waals surface area contributed by atoms with Gasteiger partial charge < -0.3 is 0 Å². The average molecular weight is 245 g/mol. The number of rotatable bonds is 0. The zero-order valence-corrected chi connectivity index (χ0v) is 12.3. The third-order valence-corrected chi connectivity index (χ3v) is 5.29. The fourth-order valence-corrected chi connectivity index (χ4v) is 3.88. The Bertz CT molecular complexity index is 591. The van der Waals surface area contributed by atoms with Crippen molar-refractivity contribution in [3.63, 3.8) is 0 Å². The van der Waals surface area contributed by atoms with Crippen molar-refractivity contribution in [1.29, 1.82) is 0 Å². The van der Waals surface area contributed by atoms with Crippen molar-refractivity contribution in [2.24, 2.45) is 0 Å². The molecule has 0 N–H and O–H groups in total. The molecular weight excluding hydrogens is 216 g/mol. The first-order valence-electron chi connectivity index (χ1n) is 8.66. The molecule has 0 saturated heterocycles. The van der Waals surface area contributed by atoms with Gasteiger partial charge >= 0.3 is 0 Å². The van der Waals surface area contributed by atoms with Crippen LogP contribution in [-0.4, -0.2) is 0 Å². The molecule has 0 aromatic heterocycles. The molecule has 0 amide bonds. The summed E-state index contributed by atoms with van der Waals surface area (Å²) in [6.45, 7) is 11.0. The van der Waals surface area contributed by atoms with Gasteiger partial charge in [0.15, 0.2) is 0 Å². The van der Waals surface area contributed by atoms with E-state index in [1.165, 1.54) is 5.56 Å². The standard InChI is InChI=1S/C18H26/c1-16(2,3)13-7-6-8-14-15(13)18(5)11-9-17(14,4)10-12-18/h6-8H,9-12H2,1-5H3/i6D,7D,8D. The summed E-state index contributed by atoms with van der Waals surface area (Å²) in [7, 11) is 0. The molecule has 1 fully saturated rings. The highest BCUT2D eigenvalue weighted by Crippen LogP contribution is 2.58. The van der Waals surface area contributed by atoms with Crippen LogP contribution in [0.15, 0.2) is 18.1 Å². The van der Waals surface area contributed by atoms with Gasteiger partial charge in [0.1, 0.15) is 0 Å². The summed E-state index contributed by atoms with van der Waals surface area (Å²) < 4.78 is 25.2. The maximum absolute atomic E-state index is 8.47. The molecule has 0 atom stereocenters. The second kappa shape index (κ2) is 3.40. The van der Waals surface area contributed by atoms with Gasteiger partial charge in [-0.25, -0.2) is 0 Å².